The molecule has 2 aromatic carbocycles. The lowest BCUT2D eigenvalue weighted by Gasteiger charge is -2.36. The number of primary amides is 1. The van der Waals surface area contributed by atoms with E-state index in [1.807, 2.05) is 27.7 Å². The molecule has 2 aromatic rings. The van der Waals surface area contributed by atoms with Gasteiger partial charge in [-0.05, 0) is 150 Å². The van der Waals surface area contributed by atoms with Crippen molar-refractivity contribution >= 4 is 55.7 Å². The molecule has 6 N–H and O–H groups in total. The summed E-state index contributed by atoms with van der Waals surface area (Å²) < 4.78 is 53.4. The Labute approximate surface area is 372 Å². The predicted molar refractivity (Wildman–Crippen MR) is 242 cm³/mol. The first-order valence-electron chi connectivity index (χ1n) is 21.5. The third-order valence-corrected chi connectivity index (χ3v) is 16.0. The van der Waals surface area contributed by atoms with Crippen LogP contribution in [-0.2, 0) is 29.6 Å². The number of ketones is 1. The zero-order valence-electron chi connectivity index (χ0n) is 37.4. The molecule has 0 bridgehead atoms. The summed E-state index contributed by atoms with van der Waals surface area (Å²) in [5.41, 5.74) is 14.5. The Hall–Kier alpha value is -4.30. The summed E-state index contributed by atoms with van der Waals surface area (Å²) in [6.07, 6.45) is 6.17. The van der Waals surface area contributed by atoms with Crippen molar-refractivity contribution in [2.45, 2.75) is 110 Å². The second-order valence-electron chi connectivity index (χ2n) is 18.2. The van der Waals surface area contributed by atoms with Crippen LogP contribution in [0.25, 0.3) is 12.2 Å². The van der Waals surface area contributed by atoms with Crippen LogP contribution in [0.15, 0.2) is 35.1 Å². The Morgan fingerprint density at radius 1 is 0.587 bits per heavy atom. The lowest BCUT2D eigenvalue weighted by atomic mass is 9.89. The lowest BCUT2D eigenvalue weighted by molar-refractivity contribution is -0.124. The van der Waals surface area contributed by atoms with E-state index in [0.29, 0.717) is 63.0 Å². The molecular weight excluding hydrogens is 849 g/mol. The second kappa shape index (κ2) is 19.4. The highest BCUT2D eigenvalue weighted by Gasteiger charge is 2.39. The molecule has 16 nitrogen and oxygen atoms in total. The molecule has 4 saturated heterocycles. The summed E-state index contributed by atoms with van der Waals surface area (Å²) in [6.45, 7) is 13.7. The van der Waals surface area contributed by atoms with E-state index in [2.05, 4.69) is 0 Å². The van der Waals surface area contributed by atoms with Crippen molar-refractivity contribution in [3.8, 4) is 0 Å². The first kappa shape index (κ1) is 49.7. The van der Waals surface area contributed by atoms with Crippen molar-refractivity contribution in [3.05, 3.63) is 79.6 Å². The van der Waals surface area contributed by atoms with E-state index >= 15 is 0 Å². The van der Waals surface area contributed by atoms with E-state index in [-0.39, 0.29) is 69.5 Å². The molecule has 0 unspecified atom stereocenters. The molecule has 4 aliphatic rings. The first-order valence-corrected chi connectivity index (χ1v) is 24.5. The fourth-order valence-electron chi connectivity index (χ4n) is 8.33. The average Bonchev–Trinajstić information content (AvgIpc) is 3.20. The van der Waals surface area contributed by atoms with Crippen LogP contribution in [0, 0.1) is 27.7 Å². The molecular formula is C45H64N6O10S2. The molecule has 0 aliphatic carbocycles. The summed E-state index contributed by atoms with van der Waals surface area (Å²) >= 11 is 0. The number of hydrogen-bond acceptors (Lipinski definition) is 11. The predicted octanol–water partition coefficient (Wildman–Crippen LogP) is 3.13. The molecule has 0 saturated carbocycles. The summed E-state index contributed by atoms with van der Waals surface area (Å²) in [5.74, 6) is -0.689. The largest absolute Gasteiger partial charge is 0.390 e. The fourth-order valence-corrected chi connectivity index (χ4v) is 10.7. The van der Waals surface area contributed by atoms with E-state index in [1.165, 1.54) is 14.0 Å². The number of aryl methyl sites for hydroxylation is 4. The number of amides is 3. The molecule has 0 radical (unpaired) electrons. The number of rotatable bonds is 9. The van der Waals surface area contributed by atoms with Gasteiger partial charge >= 0.3 is 0 Å². The Bertz CT molecular complexity index is 2310. The van der Waals surface area contributed by atoms with E-state index in [0.717, 1.165) is 38.8 Å². The Balaban J connectivity index is 0.000000239. The summed E-state index contributed by atoms with van der Waals surface area (Å²) in [4.78, 5) is 52.2. The lowest BCUT2D eigenvalue weighted by Crippen LogP contribution is -2.58. The number of aliphatic hydroxyl groups is 2. The van der Waals surface area contributed by atoms with Gasteiger partial charge in [0.2, 0.25) is 26.0 Å². The Morgan fingerprint density at radius 2 is 0.905 bits per heavy atom. The molecule has 6 rings (SSSR count). The minimum absolute atomic E-state index is 0.0714. The normalized spacial score (nSPS) is 21.0. The third kappa shape index (κ3) is 12.5. The first-order chi connectivity index (χ1) is 29.2. The second-order valence-corrected chi connectivity index (χ2v) is 21.8. The van der Waals surface area contributed by atoms with Gasteiger partial charge in [-0.25, -0.2) is 16.8 Å². The number of carbonyl (C=O) groups excluding carboxylic acids is 4. The van der Waals surface area contributed by atoms with E-state index in [4.69, 9.17) is 11.5 Å². The Kier molecular flexibility index (Phi) is 15.3. The van der Waals surface area contributed by atoms with Crippen molar-refractivity contribution in [1.29, 1.82) is 0 Å². The van der Waals surface area contributed by atoms with Crippen LogP contribution >= 0.6 is 0 Å². The van der Waals surface area contributed by atoms with Gasteiger partial charge in [0, 0.05) is 87.1 Å². The quantitative estimate of drug-likeness (QED) is 0.285. The number of hydrogen-bond donors (Lipinski definition) is 4. The Morgan fingerprint density at radius 3 is 1.22 bits per heavy atom. The molecule has 0 spiro atoms. The van der Waals surface area contributed by atoms with Crippen molar-refractivity contribution < 1.29 is 46.2 Å². The highest BCUT2D eigenvalue weighted by atomic mass is 32.2. The van der Waals surface area contributed by atoms with Crippen LogP contribution in [0.3, 0.4) is 0 Å². The van der Waals surface area contributed by atoms with Crippen LogP contribution in [0.1, 0.15) is 119 Å². The summed E-state index contributed by atoms with van der Waals surface area (Å²) in [6, 6.07) is 7.11. The van der Waals surface area contributed by atoms with E-state index in [9.17, 15) is 46.2 Å². The third-order valence-electron chi connectivity index (χ3n) is 12.9. The van der Waals surface area contributed by atoms with Gasteiger partial charge in [0.25, 0.3) is 11.8 Å². The number of Topliss-reactive ketones (excluding diaryl/α,β-unsaturated/α-hetero) is 1. The molecule has 4 heterocycles. The maximum absolute atomic E-state index is 12.9. The number of benzene rings is 2. The smallest absolute Gasteiger partial charge is 0.253 e. The minimum Gasteiger partial charge on any atom is -0.390 e. The van der Waals surface area contributed by atoms with Crippen LogP contribution in [-0.4, -0.2) is 138 Å². The topological polar surface area (TPSA) is 242 Å². The van der Waals surface area contributed by atoms with Crippen LogP contribution in [0.5, 0.6) is 0 Å². The number of carbonyl (C=O) groups is 4. The van der Waals surface area contributed by atoms with Gasteiger partial charge in [-0.15, -0.1) is 0 Å². The number of sulfonamides is 2. The molecule has 0 atom stereocenters. The SMILES string of the molecule is Cc1cc(C(=O)N2CCC(C)(O)CC2)cc(C)c1/C=C/S(=O)(=O)N1CCC(=O)CC1.Cc1cc(C(=O)N2CCC(C)(O)CC2)cc(C)c1/C=C/S(=O)(=O)N1CCC(N)(C(N)=O)CC1. The van der Waals surface area contributed by atoms with Crippen molar-refractivity contribution in [3.63, 3.8) is 0 Å². The number of likely N-dealkylation sites (tertiary alicyclic amines) is 2. The van der Waals surface area contributed by atoms with Crippen LogP contribution in [0.2, 0.25) is 0 Å². The van der Waals surface area contributed by atoms with Gasteiger partial charge in [-0.2, -0.15) is 8.61 Å². The van der Waals surface area contributed by atoms with Gasteiger partial charge in [0.1, 0.15) is 5.78 Å². The summed E-state index contributed by atoms with van der Waals surface area (Å²) in [7, 11) is -7.29. The van der Waals surface area contributed by atoms with Crippen molar-refractivity contribution in [2.24, 2.45) is 11.5 Å². The summed E-state index contributed by atoms with van der Waals surface area (Å²) in [5, 5.41) is 22.5. The standard InChI is InChI=1S/C23H34N4O5S.C22H30N2O5S/c1-16-14-18(20(28)26-9-5-22(3,30)6-10-26)15-17(2)19(16)4-13-33(31,32)27-11-7-23(25,8-12-27)21(24)29;1-16-14-18(21(26)23-11-7-22(3,27)8-12-23)15-17(2)20(16)6-13-30(28,29)24-9-4-19(25)5-10-24/h4,13-15,30H,5-12,25H2,1-3H3,(H2,24,29);6,13-15,27H,4-5,7-12H2,1-3H3/b13-4+;13-6+. The van der Waals surface area contributed by atoms with Gasteiger partial charge in [0.05, 0.1) is 16.7 Å². The number of nitrogens with two attached hydrogens (primary N) is 2. The van der Waals surface area contributed by atoms with Crippen molar-refractivity contribution in [1.82, 2.24) is 18.4 Å². The molecule has 3 amide bonds. The zero-order valence-corrected chi connectivity index (χ0v) is 39.0. The average molecular weight is 913 g/mol. The van der Waals surface area contributed by atoms with Crippen LogP contribution < -0.4 is 11.5 Å². The molecule has 4 aliphatic heterocycles. The van der Waals surface area contributed by atoms with Gasteiger partial charge < -0.3 is 31.5 Å². The molecule has 4 fully saturated rings. The zero-order chi connectivity index (χ0) is 46.7. The van der Waals surface area contributed by atoms with E-state index < -0.39 is 42.7 Å². The fraction of sp³-hybridized carbons (Fsp3) is 0.556. The highest BCUT2D eigenvalue weighted by molar-refractivity contribution is 7.92. The van der Waals surface area contributed by atoms with E-state index in [1.54, 1.807) is 60.1 Å². The van der Waals surface area contributed by atoms with Gasteiger partial charge in [-0.3, -0.25) is 19.2 Å². The van der Waals surface area contributed by atoms with Crippen molar-refractivity contribution in [2.75, 3.05) is 52.4 Å². The molecule has 346 valence electrons. The maximum atomic E-state index is 12.9. The monoisotopic (exact) mass is 912 g/mol. The molecule has 63 heavy (non-hydrogen) atoms. The highest BCUT2D eigenvalue weighted by Crippen LogP contribution is 2.28. The number of nitrogens with zero attached hydrogens (tertiary/aromatic N) is 4. The van der Waals surface area contributed by atoms with Crippen LogP contribution in [0.4, 0.5) is 0 Å². The number of piperidine rings is 4. The van der Waals surface area contributed by atoms with Gasteiger partial charge in [-0.1, -0.05) is 0 Å². The maximum Gasteiger partial charge on any atom is 0.253 e. The molecule has 18 heteroatoms. The molecule has 0 aromatic heterocycles. The minimum atomic E-state index is -3.70. The van der Waals surface area contributed by atoms with Gasteiger partial charge in [0.15, 0.2) is 0 Å².